The minimum Gasteiger partial charge on any atom is -0.485 e. The highest BCUT2D eigenvalue weighted by Crippen LogP contribution is 2.31. The van der Waals surface area contributed by atoms with Gasteiger partial charge in [0.25, 0.3) is 0 Å². The summed E-state index contributed by atoms with van der Waals surface area (Å²) in [5, 5.41) is 0.433. The van der Waals surface area contributed by atoms with Crippen LogP contribution in [-0.2, 0) is 6.61 Å². The molecule has 2 rings (SSSR count). The molecule has 0 atom stereocenters. The third-order valence-electron chi connectivity index (χ3n) is 2.38. The van der Waals surface area contributed by atoms with Gasteiger partial charge in [-0.15, -0.1) is 0 Å². The van der Waals surface area contributed by atoms with Gasteiger partial charge in [0.2, 0.25) is 0 Å². The van der Waals surface area contributed by atoms with E-state index in [9.17, 15) is 4.39 Å². The lowest BCUT2D eigenvalue weighted by Crippen LogP contribution is -2.00. The van der Waals surface area contributed by atoms with E-state index >= 15 is 0 Å². The Kier molecular flexibility index (Phi) is 4.09. The van der Waals surface area contributed by atoms with E-state index in [1.807, 2.05) is 0 Å². The van der Waals surface area contributed by atoms with Crippen molar-refractivity contribution in [1.29, 1.82) is 0 Å². The molecule has 0 spiro atoms. The van der Waals surface area contributed by atoms with Crippen LogP contribution < -0.4 is 10.5 Å². The summed E-state index contributed by atoms with van der Waals surface area (Å²) in [5.41, 5.74) is 6.90. The minimum absolute atomic E-state index is 0.187. The number of benzene rings is 2. The molecule has 2 N–H and O–H groups in total. The second-order valence-corrected chi connectivity index (χ2v) is 4.94. The maximum Gasteiger partial charge on any atom is 0.161 e. The first-order valence-corrected chi connectivity index (χ1v) is 6.35. The van der Waals surface area contributed by atoms with Crippen molar-refractivity contribution >= 4 is 33.2 Å². The van der Waals surface area contributed by atoms with Gasteiger partial charge >= 0.3 is 0 Å². The average Bonchev–Trinajstić information content (AvgIpc) is 2.33. The fraction of sp³-hybridized carbons (Fsp3) is 0.0769. The van der Waals surface area contributed by atoms with Crippen LogP contribution in [0.2, 0.25) is 5.02 Å². The van der Waals surface area contributed by atoms with Crippen molar-refractivity contribution in [3.63, 3.8) is 0 Å². The maximum atomic E-state index is 13.1. The predicted octanol–water partition coefficient (Wildman–Crippen LogP) is 4.40. The van der Waals surface area contributed by atoms with Crippen LogP contribution in [0.5, 0.6) is 5.75 Å². The molecule has 0 heterocycles. The lowest BCUT2D eigenvalue weighted by Gasteiger charge is -2.11. The van der Waals surface area contributed by atoms with Crippen molar-refractivity contribution in [2.24, 2.45) is 0 Å². The summed E-state index contributed by atoms with van der Waals surface area (Å²) in [4.78, 5) is 0. The van der Waals surface area contributed by atoms with Gasteiger partial charge in [-0.2, -0.15) is 0 Å². The van der Waals surface area contributed by atoms with Crippen molar-refractivity contribution in [2.75, 3.05) is 5.73 Å². The highest BCUT2D eigenvalue weighted by Gasteiger charge is 2.08. The van der Waals surface area contributed by atoms with Gasteiger partial charge in [-0.3, -0.25) is 0 Å². The highest BCUT2D eigenvalue weighted by atomic mass is 79.9. The number of hydrogen-bond donors (Lipinski definition) is 1. The first-order chi connectivity index (χ1) is 8.58. The Hall–Kier alpha value is -1.26. The van der Waals surface area contributed by atoms with E-state index in [0.29, 0.717) is 22.0 Å². The smallest absolute Gasteiger partial charge is 0.161 e. The Bertz CT molecular complexity index is 557. The third kappa shape index (κ3) is 2.94. The normalized spacial score (nSPS) is 10.4. The number of rotatable bonds is 3. The molecule has 0 bridgehead atoms. The molecule has 18 heavy (non-hydrogen) atoms. The number of nitrogens with two attached hydrogens (primary N) is 1. The van der Waals surface area contributed by atoms with E-state index in [-0.39, 0.29) is 12.4 Å². The van der Waals surface area contributed by atoms with Crippen molar-refractivity contribution < 1.29 is 9.13 Å². The van der Waals surface area contributed by atoms with E-state index in [2.05, 4.69) is 15.9 Å². The Balaban J connectivity index is 2.19. The number of para-hydroxylation sites is 1. The van der Waals surface area contributed by atoms with Crippen LogP contribution in [0.3, 0.4) is 0 Å². The summed E-state index contributed by atoms with van der Waals surface area (Å²) in [6.07, 6.45) is 0. The molecule has 0 unspecified atom stereocenters. The summed E-state index contributed by atoms with van der Waals surface area (Å²) in [7, 11) is 0. The van der Waals surface area contributed by atoms with E-state index in [1.165, 1.54) is 12.1 Å². The standard InChI is InChI=1S/C13H10BrClFNO/c14-10-5-4-9(16)6-8(10)7-18-13-11(15)2-1-3-12(13)17/h1-6H,7,17H2. The Morgan fingerprint density at radius 1 is 1.28 bits per heavy atom. The van der Waals surface area contributed by atoms with Crippen LogP contribution in [0, 0.1) is 5.82 Å². The molecule has 0 aromatic heterocycles. The van der Waals surface area contributed by atoms with Gasteiger partial charge in [-0.1, -0.05) is 33.6 Å². The summed E-state index contributed by atoms with van der Waals surface area (Å²) in [5.74, 6) is 0.0965. The number of nitrogen functional groups attached to an aromatic ring is 1. The van der Waals surface area contributed by atoms with Crippen LogP contribution in [0.25, 0.3) is 0 Å². The Labute approximate surface area is 118 Å². The monoisotopic (exact) mass is 329 g/mol. The quantitative estimate of drug-likeness (QED) is 0.846. The van der Waals surface area contributed by atoms with Gasteiger partial charge in [-0.05, 0) is 30.3 Å². The molecule has 5 heteroatoms. The van der Waals surface area contributed by atoms with Crippen LogP contribution in [-0.4, -0.2) is 0 Å². The zero-order valence-corrected chi connectivity index (χ0v) is 11.6. The van der Waals surface area contributed by atoms with Crippen LogP contribution in [0.4, 0.5) is 10.1 Å². The highest BCUT2D eigenvalue weighted by molar-refractivity contribution is 9.10. The maximum absolute atomic E-state index is 13.1. The van der Waals surface area contributed by atoms with Gasteiger partial charge in [-0.25, -0.2) is 4.39 Å². The summed E-state index contributed by atoms with van der Waals surface area (Å²) >= 11 is 9.31. The van der Waals surface area contributed by atoms with E-state index < -0.39 is 0 Å². The second-order valence-electron chi connectivity index (χ2n) is 3.68. The van der Waals surface area contributed by atoms with Gasteiger partial charge in [0.05, 0.1) is 10.7 Å². The van der Waals surface area contributed by atoms with Crippen LogP contribution in [0.1, 0.15) is 5.56 Å². The van der Waals surface area contributed by atoms with Crippen molar-refractivity contribution in [1.82, 2.24) is 0 Å². The molecule has 94 valence electrons. The third-order valence-corrected chi connectivity index (χ3v) is 3.45. The summed E-state index contributed by atoms with van der Waals surface area (Å²) in [6, 6.07) is 9.52. The molecule has 0 aliphatic carbocycles. The second kappa shape index (κ2) is 5.59. The number of hydrogen-bond acceptors (Lipinski definition) is 2. The van der Waals surface area contributed by atoms with Gasteiger partial charge in [0.1, 0.15) is 12.4 Å². The van der Waals surface area contributed by atoms with Gasteiger partial charge in [0.15, 0.2) is 5.75 Å². The number of anilines is 1. The molecule has 2 aromatic rings. The lowest BCUT2D eigenvalue weighted by atomic mass is 10.2. The molecule has 0 radical (unpaired) electrons. The predicted molar refractivity (Wildman–Crippen MR) is 74.3 cm³/mol. The molecule has 0 saturated heterocycles. The zero-order valence-electron chi connectivity index (χ0n) is 9.29. The largest absolute Gasteiger partial charge is 0.485 e. The average molecular weight is 331 g/mol. The topological polar surface area (TPSA) is 35.2 Å². The molecule has 0 aliphatic rings. The first kappa shape index (κ1) is 13.2. The number of ether oxygens (including phenoxy) is 1. The summed E-state index contributed by atoms with van der Waals surface area (Å²) < 4.78 is 19.4. The summed E-state index contributed by atoms with van der Waals surface area (Å²) in [6.45, 7) is 0.187. The minimum atomic E-state index is -0.316. The first-order valence-electron chi connectivity index (χ1n) is 5.18. The van der Waals surface area contributed by atoms with Crippen LogP contribution in [0.15, 0.2) is 40.9 Å². The fourth-order valence-electron chi connectivity index (χ4n) is 1.48. The molecule has 0 aliphatic heterocycles. The molecule has 2 aromatic carbocycles. The SMILES string of the molecule is Nc1cccc(Cl)c1OCc1cc(F)ccc1Br. The van der Waals surface area contributed by atoms with Gasteiger partial charge < -0.3 is 10.5 Å². The molecule has 2 nitrogen and oxygen atoms in total. The van der Waals surface area contributed by atoms with E-state index in [1.54, 1.807) is 24.3 Å². The van der Waals surface area contributed by atoms with E-state index in [4.69, 9.17) is 22.1 Å². The zero-order chi connectivity index (χ0) is 13.1. The van der Waals surface area contributed by atoms with E-state index in [0.717, 1.165) is 4.47 Å². The lowest BCUT2D eigenvalue weighted by molar-refractivity contribution is 0.306. The molecule has 0 amide bonds. The molecular formula is C13H10BrClFNO. The van der Waals surface area contributed by atoms with Crippen molar-refractivity contribution in [3.05, 3.63) is 57.3 Å². The Morgan fingerprint density at radius 3 is 2.78 bits per heavy atom. The van der Waals surface area contributed by atoms with Crippen molar-refractivity contribution in [3.8, 4) is 5.75 Å². The van der Waals surface area contributed by atoms with Gasteiger partial charge in [0, 0.05) is 10.0 Å². The van der Waals surface area contributed by atoms with Crippen LogP contribution >= 0.6 is 27.5 Å². The number of halogens is 3. The Morgan fingerprint density at radius 2 is 2.06 bits per heavy atom. The molecular weight excluding hydrogens is 321 g/mol. The fourth-order valence-corrected chi connectivity index (χ4v) is 2.08. The van der Waals surface area contributed by atoms with Crippen molar-refractivity contribution in [2.45, 2.75) is 6.61 Å². The molecule has 0 saturated carbocycles. The molecule has 0 fully saturated rings.